The first kappa shape index (κ1) is 14.9. The lowest BCUT2D eigenvalue weighted by molar-refractivity contribution is -0.134. The van der Waals surface area contributed by atoms with E-state index in [9.17, 15) is 13.2 Å². The van der Waals surface area contributed by atoms with Crippen molar-refractivity contribution in [3.63, 3.8) is 0 Å². The lowest BCUT2D eigenvalue weighted by Gasteiger charge is -2.24. The van der Waals surface area contributed by atoms with E-state index in [0.717, 1.165) is 4.31 Å². The molecule has 0 amide bonds. The highest BCUT2D eigenvalue weighted by molar-refractivity contribution is 7.89. The van der Waals surface area contributed by atoms with E-state index in [1.165, 1.54) is 7.05 Å². The number of aliphatic carboxylic acids is 1. The van der Waals surface area contributed by atoms with E-state index in [2.05, 4.69) is 0 Å². The summed E-state index contributed by atoms with van der Waals surface area (Å²) in [4.78, 5) is 10.5. The van der Waals surface area contributed by atoms with Gasteiger partial charge in [-0.15, -0.1) is 0 Å². The van der Waals surface area contributed by atoms with Gasteiger partial charge in [-0.1, -0.05) is 23.7 Å². The molecule has 1 unspecified atom stereocenters. The average Bonchev–Trinajstić information content (AvgIpc) is 2.25. The molecule has 1 aromatic carbocycles. The molecule has 0 fully saturated rings. The van der Waals surface area contributed by atoms with Gasteiger partial charge in [0.2, 0.25) is 10.0 Å². The zero-order valence-electron chi connectivity index (χ0n) is 10.00. The summed E-state index contributed by atoms with van der Waals surface area (Å²) in [5.74, 6) is -2.30. The van der Waals surface area contributed by atoms with E-state index in [1.807, 2.05) is 0 Å². The largest absolute Gasteiger partial charge is 0.480 e. The van der Waals surface area contributed by atoms with Gasteiger partial charge in [-0.2, -0.15) is 4.31 Å². The van der Waals surface area contributed by atoms with Crippen LogP contribution in [0.15, 0.2) is 24.3 Å². The van der Waals surface area contributed by atoms with Crippen LogP contribution in [0.5, 0.6) is 0 Å². The molecule has 100 valence electrons. The number of rotatable bonds is 5. The van der Waals surface area contributed by atoms with E-state index in [-0.39, 0.29) is 0 Å². The smallest absolute Gasteiger partial charge is 0.320 e. The molecule has 0 saturated carbocycles. The number of sulfonamides is 1. The van der Waals surface area contributed by atoms with Crippen molar-refractivity contribution < 1.29 is 18.3 Å². The molecule has 0 bridgehead atoms. The lowest BCUT2D eigenvalue weighted by Crippen LogP contribution is -2.34. The third-order valence-corrected chi connectivity index (χ3v) is 4.66. The molecule has 0 aromatic heterocycles. The molecule has 0 aliphatic rings. The molecule has 1 atom stereocenters. The Hall–Kier alpha value is -1.11. The number of hydrogen-bond donors (Lipinski definition) is 1. The lowest BCUT2D eigenvalue weighted by atomic mass is 10.1. The van der Waals surface area contributed by atoms with Crippen LogP contribution in [0.25, 0.3) is 0 Å². The highest BCUT2D eigenvalue weighted by Crippen LogP contribution is 2.24. The first-order chi connectivity index (χ1) is 8.24. The van der Waals surface area contributed by atoms with E-state index < -0.39 is 27.8 Å². The van der Waals surface area contributed by atoms with Gasteiger partial charge < -0.3 is 5.11 Å². The van der Waals surface area contributed by atoms with Crippen molar-refractivity contribution in [3.05, 3.63) is 34.9 Å². The zero-order chi connectivity index (χ0) is 13.9. The van der Waals surface area contributed by atoms with Gasteiger partial charge in [0.15, 0.2) is 5.75 Å². The Morgan fingerprint density at radius 2 is 2.11 bits per heavy atom. The van der Waals surface area contributed by atoms with E-state index in [1.54, 1.807) is 31.2 Å². The summed E-state index contributed by atoms with van der Waals surface area (Å²) in [7, 11) is -2.48. The second-order valence-electron chi connectivity index (χ2n) is 3.90. The Morgan fingerprint density at radius 1 is 1.50 bits per heavy atom. The van der Waals surface area contributed by atoms with Crippen LogP contribution in [0, 0.1) is 0 Å². The normalized spacial score (nSPS) is 13.6. The Morgan fingerprint density at radius 3 is 2.61 bits per heavy atom. The number of carboxylic acid groups (broad SMARTS) is 1. The first-order valence-corrected chi connectivity index (χ1v) is 7.15. The molecular formula is C11H14ClNO4S. The molecule has 0 aliphatic heterocycles. The third-order valence-electron chi connectivity index (χ3n) is 2.62. The number of carboxylic acids is 1. The Kier molecular flexibility index (Phi) is 4.72. The van der Waals surface area contributed by atoms with Crippen LogP contribution in [-0.2, 0) is 14.8 Å². The Labute approximate surface area is 111 Å². The van der Waals surface area contributed by atoms with Crippen LogP contribution in [-0.4, -0.2) is 36.6 Å². The molecule has 0 aliphatic carbocycles. The zero-order valence-corrected chi connectivity index (χ0v) is 11.6. The van der Waals surface area contributed by atoms with Crippen LogP contribution >= 0.6 is 11.6 Å². The number of hydrogen-bond acceptors (Lipinski definition) is 3. The number of benzene rings is 1. The molecule has 7 heteroatoms. The standard InChI is InChI=1S/C11H14ClNO4S/c1-8(9-4-3-5-10(12)6-9)13(2)18(16,17)7-11(14)15/h3-6,8H,7H2,1-2H3,(H,14,15). The minimum Gasteiger partial charge on any atom is -0.480 e. The van der Waals surface area contributed by atoms with Crippen molar-refractivity contribution in [1.82, 2.24) is 4.31 Å². The maximum Gasteiger partial charge on any atom is 0.320 e. The molecule has 0 saturated heterocycles. The minimum atomic E-state index is -3.83. The molecular weight excluding hydrogens is 278 g/mol. The molecule has 0 spiro atoms. The second kappa shape index (κ2) is 5.69. The van der Waals surface area contributed by atoms with Crippen molar-refractivity contribution in [1.29, 1.82) is 0 Å². The van der Waals surface area contributed by atoms with Crippen LogP contribution < -0.4 is 0 Å². The van der Waals surface area contributed by atoms with Crippen molar-refractivity contribution in [2.24, 2.45) is 0 Å². The summed E-state index contributed by atoms with van der Waals surface area (Å²) in [5.41, 5.74) is 0.707. The van der Waals surface area contributed by atoms with E-state index in [4.69, 9.17) is 16.7 Å². The predicted octanol–water partition coefficient (Wildman–Crippen LogP) is 1.75. The highest BCUT2D eigenvalue weighted by atomic mass is 35.5. The summed E-state index contributed by atoms with van der Waals surface area (Å²) in [5, 5.41) is 9.07. The van der Waals surface area contributed by atoms with Gasteiger partial charge in [0, 0.05) is 18.1 Å². The maximum absolute atomic E-state index is 11.8. The third kappa shape index (κ3) is 3.69. The minimum absolute atomic E-state index is 0.479. The van der Waals surface area contributed by atoms with Crippen molar-refractivity contribution in [2.75, 3.05) is 12.8 Å². The van der Waals surface area contributed by atoms with Gasteiger partial charge in [0.25, 0.3) is 0 Å². The monoisotopic (exact) mass is 291 g/mol. The summed E-state index contributed by atoms with van der Waals surface area (Å²) >= 11 is 5.83. The molecule has 0 heterocycles. The fourth-order valence-corrected chi connectivity index (χ4v) is 2.79. The summed E-state index contributed by atoms with van der Waals surface area (Å²) in [6, 6.07) is 6.31. The molecule has 1 aromatic rings. The first-order valence-electron chi connectivity index (χ1n) is 5.17. The van der Waals surface area contributed by atoms with Crippen LogP contribution in [0.3, 0.4) is 0 Å². The van der Waals surface area contributed by atoms with Gasteiger partial charge in [-0.3, -0.25) is 4.79 Å². The maximum atomic E-state index is 11.8. The fourth-order valence-electron chi connectivity index (χ4n) is 1.48. The van der Waals surface area contributed by atoms with Gasteiger partial charge in [-0.05, 0) is 24.6 Å². The average molecular weight is 292 g/mol. The Balaban J connectivity index is 2.97. The molecule has 1 rings (SSSR count). The van der Waals surface area contributed by atoms with Gasteiger partial charge in [0.05, 0.1) is 0 Å². The van der Waals surface area contributed by atoms with Gasteiger partial charge in [-0.25, -0.2) is 8.42 Å². The summed E-state index contributed by atoms with van der Waals surface area (Å²) in [6.07, 6.45) is 0. The number of carbonyl (C=O) groups is 1. The van der Waals surface area contributed by atoms with E-state index in [0.29, 0.717) is 10.6 Å². The number of halogens is 1. The fraction of sp³-hybridized carbons (Fsp3) is 0.364. The van der Waals surface area contributed by atoms with Crippen LogP contribution in [0.2, 0.25) is 5.02 Å². The molecule has 5 nitrogen and oxygen atoms in total. The van der Waals surface area contributed by atoms with Gasteiger partial charge >= 0.3 is 5.97 Å². The topological polar surface area (TPSA) is 74.7 Å². The summed E-state index contributed by atoms with van der Waals surface area (Å²) in [6.45, 7) is 1.67. The number of nitrogens with zero attached hydrogens (tertiary/aromatic N) is 1. The molecule has 18 heavy (non-hydrogen) atoms. The summed E-state index contributed by atoms with van der Waals surface area (Å²) < 4.78 is 24.5. The predicted molar refractivity (Wildman–Crippen MR) is 69.1 cm³/mol. The SMILES string of the molecule is CC(c1cccc(Cl)c1)N(C)S(=O)(=O)CC(=O)O. The Bertz CT molecular complexity index is 544. The molecule has 1 N–H and O–H groups in total. The van der Waals surface area contributed by atoms with Gasteiger partial charge in [0.1, 0.15) is 0 Å². The quantitative estimate of drug-likeness (QED) is 0.897. The van der Waals surface area contributed by atoms with E-state index >= 15 is 0 Å². The highest BCUT2D eigenvalue weighted by Gasteiger charge is 2.26. The van der Waals surface area contributed by atoms with Crippen molar-refractivity contribution in [3.8, 4) is 0 Å². The van der Waals surface area contributed by atoms with Crippen molar-refractivity contribution >= 4 is 27.6 Å². The van der Waals surface area contributed by atoms with Crippen molar-refractivity contribution in [2.45, 2.75) is 13.0 Å². The second-order valence-corrected chi connectivity index (χ2v) is 6.36. The van der Waals surface area contributed by atoms with Crippen LogP contribution in [0.1, 0.15) is 18.5 Å². The van der Waals surface area contributed by atoms with Crippen LogP contribution in [0.4, 0.5) is 0 Å². The molecule has 0 radical (unpaired) electrons.